The number of amides is 2. The van der Waals surface area contributed by atoms with Crippen LogP contribution in [-0.2, 0) is 13.0 Å². The fourth-order valence-electron chi connectivity index (χ4n) is 4.07. The van der Waals surface area contributed by atoms with E-state index in [-0.39, 0.29) is 24.1 Å². The lowest BCUT2D eigenvalue weighted by atomic mass is 10.00. The molecule has 0 saturated carbocycles. The summed E-state index contributed by atoms with van der Waals surface area (Å²) in [5.74, 6) is -0.604. The Morgan fingerprint density at radius 1 is 1.12 bits per heavy atom. The number of fused-ring (bicyclic) bond motifs is 2. The van der Waals surface area contributed by atoms with Gasteiger partial charge in [-0.25, -0.2) is 4.98 Å². The van der Waals surface area contributed by atoms with E-state index in [2.05, 4.69) is 43.7 Å². The van der Waals surface area contributed by atoms with Crippen molar-refractivity contribution in [3.63, 3.8) is 0 Å². The van der Waals surface area contributed by atoms with Crippen molar-refractivity contribution in [2.24, 2.45) is 0 Å². The summed E-state index contributed by atoms with van der Waals surface area (Å²) >= 11 is 1.26. The first kappa shape index (κ1) is 22.2. The van der Waals surface area contributed by atoms with Crippen LogP contribution < -0.4 is 10.6 Å². The second-order valence-corrected chi connectivity index (χ2v) is 9.13. The number of pyridine rings is 1. The number of β-amino-alcohol motifs (C(OH)–C–C–N with tert-alkyl or cyclic N) is 1. The number of aliphatic hydroxyl groups is 1. The van der Waals surface area contributed by atoms with E-state index in [9.17, 15) is 14.7 Å². The van der Waals surface area contributed by atoms with E-state index in [1.807, 2.05) is 6.07 Å². The number of imidazole rings is 1. The molecule has 0 aliphatic carbocycles. The molecule has 1 aliphatic heterocycles. The van der Waals surface area contributed by atoms with Gasteiger partial charge in [-0.05, 0) is 29.7 Å². The Balaban J connectivity index is 1.15. The lowest BCUT2D eigenvalue weighted by Crippen LogP contribution is -2.42. The minimum absolute atomic E-state index is 0.140. The summed E-state index contributed by atoms with van der Waals surface area (Å²) in [5.41, 5.74) is 5.64. The average molecular weight is 477 g/mol. The van der Waals surface area contributed by atoms with Crippen LogP contribution in [0.1, 0.15) is 31.3 Å². The van der Waals surface area contributed by atoms with Crippen LogP contribution >= 0.6 is 11.3 Å². The summed E-state index contributed by atoms with van der Waals surface area (Å²) in [6.07, 6.45) is 5.09. The highest BCUT2D eigenvalue weighted by atomic mass is 32.1. The third-order valence-corrected chi connectivity index (χ3v) is 6.55. The fraction of sp³-hybridized carbons (Fsp3) is 0.250. The number of aromatic nitrogens is 3. The van der Waals surface area contributed by atoms with Gasteiger partial charge in [-0.1, -0.05) is 24.3 Å². The lowest BCUT2D eigenvalue weighted by Gasteiger charge is -2.30. The predicted molar refractivity (Wildman–Crippen MR) is 129 cm³/mol. The molecular weight excluding hydrogens is 452 g/mol. The predicted octanol–water partition coefficient (Wildman–Crippen LogP) is 2.19. The second kappa shape index (κ2) is 9.72. The average Bonchev–Trinajstić information content (AvgIpc) is 3.52. The third-order valence-electron chi connectivity index (χ3n) is 5.77. The van der Waals surface area contributed by atoms with Crippen LogP contribution in [0.2, 0.25) is 0 Å². The van der Waals surface area contributed by atoms with Gasteiger partial charge in [-0.15, -0.1) is 11.3 Å². The Bertz CT molecular complexity index is 1320. The Morgan fingerprint density at radius 3 is 2.79 bits per heavy atom. The highest BCUT2D eigenvalue weighted by molar-refractivity contribution is 7.11. The minimum atomic E-state index is -0.681. The van der Waals surface area contributed by atoms with Gasteiger partial charge in [-0.2, -0.15) is 0 Å². The van der Waals surface area contributed by atoms with Crippen LogP contribution in [0.5, 0.6) is 0 Å². The molecule has 1 aliphatic rings. The zero-order valence-electron chi connectivity index (χ0n) is 18.3. The highest BCUT2D eigenvalue weighted by Crippen LogP contribution is 2.18. The van der Waals surface area contributed by atoms with Crippen LogP contribution in [0.3, 0.4) is 0 Å². The maximum atomic E-state index is 12.6. The summed E-state index contributed by atoms with van der Waals surface area (Å²) in [7, 11) is 0. The Morgan fingerprint density at radius 2 is 1.97 bits per heavy atom. The van der Waals surface area contributed by atoms with E-state index in [1.54, 1.807) is 34.4 Å². The van der Waals surface area contributed by atoms with Gasteiger partial charge in [-0.3, -0.25) is 19.5 Å². The van der Waals surface area contributed by atoms with Gasteiger partial charge >= 0.3 is 0 Å². The smallest absolute Gasteiger partial charge is 0.271 e. The van der Waals surface area contributed by atoms with Crippen LogP contribution in [0.25, 0.3) is 5.65 Å². The van der Waals surface area contributed by atoms with Gasteiger partial charge in [0.05, 0.1) is 23.5 Å². The first-order chi connectivity index (χ1) is 16.5. The Hall–Kier alpha value is -3.60. The fourth-order valence-corrected chi connectivity index (χ4v) is 4.58. The van der Waals surface area contributed by atoms with E-state index in [1.165, 1.54) is 28.7 Å². The second-order valence-electron chi connectivity index (χ2n) is 8.25. The van der Waals surface area contributed by atoms with Gasteiger partial charge in [0.2, 0.25) is 0 Å². The van der Waals surface area contributed by atoms with Crippen molar-refractivity contribution in [1.82, 2.24) is 24.6 Å². The van der Waals surface area contributed by atoms with Crippen molar-refractivity contribution in [1.29, 1.82) is 0 Å². The summed E-state index contributed by atoms with van der Waals surface area (Å²) in [6.45, 7) is 2.31. The molecule has 2 amide bonds. The molecular formula is C24H24N6O3S. The van der Waals surface area contributed by atoms with Crippen molar-refractivity contribution in [3.8, 4) is 0 Å². The number of nitrogens with zero attached hydrogens (tertiary/aromatic N) is 4. The van der Waals surface area contributed by atoms with E-state index in [4.69, 9.17) is 0 Å². The van der Waals surface area contributed by atoms with E-state index in [0.717, 1.165) is 19.5 Å². The number of nitrogens with one attached hydrogen (secondary N) is 2. The molecule has 1 aromatic carbocycles. The standard InChI is InChI=1S/C24H24N6O3S/c31-19(13-29-8-7-16-3-1-2-4-17(16)11-29)9-26-23(32)20-14-30-12-18(5-6-22(30)28-20)27-24(33)21-10-25-15-34-21/h1-6,10,12,14-15,19,31H,7-9,11,13H2,(H,26,32)(H,27,33)/t19-/m0/s1. The normalized spacial score (nSPS) is 14.5. The number of hydrogen-bond donors (Lipinski definition) is 3. The van der Waals surface area contributed by atoms with E-state index >= 15 is 0 Å². The molecule has 4 heterocycles. The van der Waals surface area contributed by atoms with E-state index in [0.29, 0.717) is 22.8 Å². The summed E-state index contributed by atoms with van der Waals surface area (Å²) in [5, 5.41) is 16.0. The molecule has 174 valence electrons. The van der Waals surface area contributed by atoms with Crippen LogP contribution in [-0.4, -0.2) is 61.9 Å². The maximum Gasteiger partial charge on any atom is 0.271 e. The molecule has 10 heteroatoms. The van der Waals surface area contributed by atoms with Gasteiger partial charge < -0.3 is 20.1 Å². The molecule has 0 saturated heterocycles. The van der Waals surface area contributed by atoms with Crippen LogP contribution in [0.15, 0.2) is 60.5 Å². The number of thiazole rings is 1. The van der Waals surface area contributed by atoms with Crippen molar-refractivity contribution >= 4 is 34.5 Å². The molecule has 0 radical (unpaired) electrons. The molecule has 5 rings (SSSR count). The van der Waals surface area contributed by atoms with Crippen molar-refractivity contribution < 1.29 is 14.7 Å². The molecule has 0 fully saturated rings. The number of benzene rings is 1. The number of carbonyl (C=O) groups excluding carboxylic acids is 2. The molecule has 0 bridgehead atoms. The summed E-state index contributed by atoms with van der Waals surface area (Å²) < 4.78 is 1.68. The van der Waals surface area contributed by atoms with Gasteiger partial charge in [0.15, 0.2) is 0 Å². The molecule has 4 aromatic rings. The molecule has 3 aromatic heterocycles. The van der Waals surface area contributed by atoms with Gasteiger partial charge in [0.1, 0.15) is 16.2 Å². The van der Waals surface area contributed by atoms with Crippen molar-refractivity contribution in [3.05, 3.63) is 82.2 Å². The van der Waals surface area contributed by atoms with Crippen molar-refractivity contribution in [2.45, 2.75) is 19.1 Å². The first-order valence-electron chi connectivity index (χ1n) is 11.0. The first-order valence-corrected chi connectivity index (χ1v) is 11.9. The van der Waals surface area contributed by atoms with Gasteiger partial charge in [0, 0.05) is 38.6 Å². The number of aliphatic hydroxyl groups excluding tert-OH is 1. The minimum Gasteiger partial charge on any atom is -0.390 e. The molecule has 9 nitrogen and oxygen atoms in total. The van der Waals surface area contributed by atoms with E-state index < -0.39 is 6.10 Å². The topological polar surface area (TPSA) is 112 Å². The Labute approximate surface area is 200 Å². The Kier molecular flexibility index (Phi) is 6.35. The number of hydrogen-bond acceptors (Lipinski definition) is 7. The monoisotopic (exact) mass is 476 g/mol. The zero-order valence-corrected chi connectivity index (χ0v) is 19.2. The molecule has 1 atom stereocenters. The largest absolute Gasteiger partial charge is 0.390 e. The molecule has 34 heavy (non-hydrogen) atoms. The maximum absolute atomic E-state index is 12.6. The number of carbonyl (C=O) groups is 2. The van der Waals surface area contributed by atoms with Crippen LogP contribution in [0, 0.1) is 0 Å². The van der Waals surface area contributed by atoms with Crippen molar-refractivity contribution in [2.75, 3.05) is 25.0 Å². The number of anilines is 1. The molecule has 3 N–H and O–H groups in total. The molecule has 0 spiro atoms. The van der Waals surface area contributed by atoms with Crippen LogP contribution in [0.4, 0.5) is 5.69 Å². The van der Waals surface area contributed by atoms with Gasteiger partial charge in [0.25, 0.3) is 11.8 Å². The number of rotatable bonds is 7. The summed E-state index contributed by atoms with van der Waals surface area (Å²) in [4.78, 5) is 35.8. The third kappa shape index (κ3) is 4.98. The zero-order chi connectivity index (χ0) is 23.5. The lowest BCUT2D eigenvalue weighted by molar-refractivity contribution is 0.0838. The quantitative estimate of drug-likeness (QED) is 0.377. The SMILES string of the molecule is O=C(NC[C@H](O)CN1CCc2ccccc2C1)c1cn2cc(NC(=O)c3cncs3)ccc2n1. The highest BCUT2D eigenvalue weighted by Gasteiger charge is 2.19. The summed E-state index contributed by atoms with van der Waals surface area (Å²) in [6, 6.07) is 11.8. The molecule has 0 unspecified atom stereocenters.